The Hall–Kier alpha value is -1.65. The molecule has 0 spiro atoms. The molecular formula is C16H22N2OS. The fourth-order valence-electron chi connectivity index (χ4n) is 1.49. The molecule has 0 aliphatic heterocycles. The van der Waals surface area contributed by atoms with Crippen LogP contribution in [-0.2, 0) is 5.75 Å². The van der Waals surface area contributed by atoms with E-state index in [1.165, 1.54) is 5.56 Å². The minimum atomic E-state index is 0.750. The smallest absolute Gasteiger partial charge is 0.118 e. The van der Waals surface area contributed by atoms with E-state index in [0.717, 1.165) is 28.6 Å². The number of anilines is 1. The summed E-state index contributed by atoms with van der Waals surface area (Å²) < 4.78 is 5.12. The second-order valence-electron chi connectivity index (χ2n) is 4.08. The van der Waals surface area contributed by atoms with Crippen LogP contribution in [0.25, 0.3) is 0 Å². The van der Waals surface area contributed by atoms with Gasteiger partial charge >= 0.3 is 0 Å². The van der Waals surface area contributed by atoms with E-state index in [9.17, 15) is 0 Å². The van der Waals surface area contributed by atoms with E-state index in [1.807, 2.05) is 43.3 Å². The van der Waals surface area contributed by atoms with E-state index in [1.54, 1.807) is 18.9 Å². The van der Waals surface area contributed by atoms with Crippen molar-refractivity contribution in [3.8, 4) is 5.75 Å². The van der Waals surface area contributed by atoms with Gasteiger partial charge < -0.3 is 16.2 Å². The average molecular weight is 290 g/mol. The minimum Gasteiger partial charge on any atom is -0.497 e. The summed E-state index contributed by atoms with van der Waals surface area (Å²) >= 11 is 1.75. The van der Waals surface area contributed by atoms with Crippen LogP contribution in [-0.4, -0.2) is 13.7 Å². The molecule has 108 valence electrons. The summed E-state index contributed by atoms with van der Waals surface area (Å²) in [6, 6.07) is 16.0. The quantitative estimate of drug-likeness (QED) is 0.668. The van der Waals surface area contributed by atoms with Crippen LogP contribution < -0.4 is 16.2 Å². The first-order valence-corrected chi connectivity index (χ1v) is 7.50. The van der Waals surface area contributed by atoms with Crippen LogP contribution in [0, 0.1) is 0 Å². The lowest BCUT2D eigenvalue weighted by molar-refractivity contribution is 0.414. The van der Waals surface area contributed by atoms with Gasteiger partial charge in [0.05, 0.1) is 7.11 Å². The van der Waals surface area contributed by atoms with Crippen LogP contribution in [0.5, 0.6) is 5.75 Å². The van der Waals surface area contributed by atoms with Gasteiger partial charge in [-0.3, -0.25) is 0 Å². The topological polar surface area (TPSA) is 61.3 Å². The van der Waals surface area contributed by atoms with Crippen molar-refractivity contribution < 1.29 is 4.74 Å². The Labute approximate surface area is 125 Å². The van der Waals surface area contributed by atoms with Gasteiger partial charge in [0.25, 0.3) is 0 Å². The Balaban J connectivity index is 0.000000612. The maximum Gasteiger partial charge on any atom is 0.118 e. The summed E-state index contributed by atoms with van der Waals surface area (Å²) in [6.07, 6.45) is 0. The summed E-state index contributed by atoms with van der Waals surface area (Å²) in [5.74, 6) is 1.80. The predicted molar refractivity (Wildman–Crippen MR) is 88.1 cm³/mol. The number of methoxy groups -OCH3 is 1. The first-order valence-electron chi connectivity index (χ1n) is 6.51. The lowest BCUT2D eigenvalue weighted by atomic mass is 10.2. The number of para-hydroxylation sites is 1. The molecule has 4 N–H and O–H groups in total. The van der Waals surface area contributed by atoms with Crippen molar-refractivity contribution in [1.29, 1.82) is 0 Å². The van der Waals surface area contributed by atoms with Gasteiger partial charge in [-0.1, -0.05) is 31.2 Å². The third-order valence-corrected chi connectivity index (χ3v) is 3.63. The van der Waals surface area contributed by atoms with Crippen molar-refractivity contribution in [2.24, 2.45) is 5.73 Å². The monoisotopic (exact) mass is 290 g/mol. The molecule has 0 aliphatic rings. The molecular weight excluding hydrogens is 268 g/mol. The van der Waals surface area contributed by atoms with Crippen molar-refractivity contribution in [3.63, 3.8) is 0 Å². The SMILES string of the molecule is CCN.COc1ccc(CSc2ccccc2N)cc1. The second kappa shape index (κ2) is 9.28. The van der Waals surface area contributed by atoms with Gasteiger partial charge in [0, 0.05) is 16.3 Å². The molecule has 0 fully saturated rings. The van der Waals surface area contributed by atoms with Crippen molar-refractivity contribution in [2.45, 2.75) is 17.6 Å². The van der Waals surface area contributed by atoms with Crippen LogP contribution in [0.3, 0.4) is 0 Å². The van der Waals surface area contributed by atoms with E-state index in [0.29, 0.717) is 0 Å². The molecule has 0 bridgehead atoms. The molecule has 0 amide bonds. The first kappa shape index (κ1) is 16.4. The second-order valence-corrected chi connectivity index (χ2v) is 5.10. The van der Waals surface area contributed by atoms with Crippen LogP contribution in [0.15, 0.2) is 53.4 Å². The third-order valence-electron chi connectivity index (χ3n) is 2.47. The summed E-state index contributed by atoms with van der Waals surface area (Å²) in [4.78, 5) is 1.13. The number of nitrogen functional groups attached to an aromatic ring is 1. The van der Waals surface area contributed by atoms with Gasteiger partial charge in [-0.15, -0.1) is 11.8 Å². The van der Waals surface area contributed by atoms with E-state index in [4.69, 9.17) is 16.2 Å². The predicted octanol–water partition coefficient (Wildman–Crippen LogP) is 3.53. The van der Waals surface area contributed by atoms with Crippen molar-refractivity contribution in [1.82, 2.24) is 0 Å². The van der Waals surface area contributed by atoms with Crippen LogP contribution >= 0.6 is 11.8 Å². The molecule has 0 atom stereocenters. The maximum atomic E-state index is 5.89. The maximum absolute atomic E-state index is 5.89. The lowest BCUT2D eigenvalue weighted by Gasteiger charge is -2.05. The summed E-state index contributed by atoms with van der Waals surface area (Å²) in [5.41, 5.74) is 12.8. The number of hydrogen-bond acceptors (Lipinski definition) is 4. The summed E-state index contributed by atoms with van der Waals surface area (Å²) in [5, 5.41) is 0. The fourth-order valence-corrected chi connectivity index (χ4v) is 2.42. The summed E-state index contributed by atoms with van der Waals surface area (Å²) in [7, 11) is 1.68. The molecule has 0 saturated heterocycles. The van der Waals surface area contributed by atoms with Crippen molar-refractivity contribution >= 4 is 17.4 Å². The highest BCUT2D eigenvalue weighted by Crippen LogP contribution is 2.28. The molecule has 0 aliphatic carbocycles. The highest BCUT2D eigenvalue weighted by atomic mass is 32.2. The third kappa shape index (κ3) is 5.55. The largest absolute Gasteiger partial charge is 0.497 e. The van der Waals surface area contributed by atoms with Gasteiger partial charge in [0.15, 0.2) is 0 Å². The van der Waals surface area contributed by atoms with Gasteiger partial charge in [0.2, 0.25) is 0 Å². The molecule has 2 rings (SSSR count). The Kier molecular flexibility index (Phi) is 7.62. The van der Waals surface area contributed by atoms with E-state index in [-0.39, 0.29) is 0 Å². The van der Waals surface area contributed by atoms with E-state index >= 15 is 0 Å². The number of benzene rings is 2. The first-order chi connectivity index (χ1) is 9.71. The molecule has 2 aromatic carbocycles. The molecule has 0 radical (unpaired) electrons. The molecule has 20 heavy (non-hydrogen) atoms. The zero-order chi connectivity index (χ0) is 14.8. The highest BCUT2D eigenvalue weighted by molar-refractivity contribution is 7.98. The van der Waals surface area contributed by atoms with Crippen LogP contribution in [0.4, 0.5) is 5.69 Å². The molecule has 0 aromatic heterocycles. The zero-order valence-electron chi connectivity index (χ0n) is 12.0. The molecule has 0 unspecified atom stereocenters. The number of ether oxygens (including phenoxy) is 1. The van der Waals surface area contributed by atoms with Crippen LogP contribution in [0.1, 0.15) is 12.5 Å². The van der Waals surface area contributed by atoms with E-state index in [2.05, 4.69) is 12.1 Å². The van der Waals surface area contributed by atoms with Gasteiger partial charge in [0.1, 0.15) is 5.75 Å². The van der Waals surface area contributed by atoms with Gasteiger partial charge in [-0.05, 0) is 36.4 Å². The Morgan fingerprint density at radius 2 is 1.65 bits per heavy atom. The Bertz CT molecular complexity index is 500. The lowest BCUT2D eigenvalue weighted by Crippen LogP contribution is -1.88. The van der Waals surface area contributed by atoms with Crippen LogP contribution in [0.2, 0.25) is 0 Å². The Morgan fingerprint density at radius 1 is 1.05 bits per heavy atom. The zero-order valence-corrected chi connectivity index (χ0v) is 12.8. The molecule has 3 nitrogen and oxygen atoms in total. The number of nitrogens with two attached hydrogens (primary N) is 2. The highest BCUT2D eigenvalue weighted by Gasteiger charge is 2.00. The summed E-state index contributed by atoms with van der Waals surface area (Å²) in [6.45, 7) is 2.65. The van der Waals surface area contributed by atoms with Crippen molar-refractivity contribution in [3.05, 3.63) is 54.1 Å². The fraction of sp³-hybridized carbons (Fsp3) is 0.250. The molecule has 2 aromatic rings. The van der Waals surface area contributed by atoms with E-state index < -0.39 is 0 Å². The van der Waals surface area contributed by atoms with Gasteiger partial charge in [-0.2, -0.15) is 0 Å². The number of thioether (sulfide) groups is 1. The Morgan fingerprint density at radius 3 is 2.20 bits per heavy atom. The standard InChI is InChI=1S/C14H15NOS.C2H7N/c1-16-12-8-6-11(7-9-12)10-17-14-5-3-2-4-13(14)15;1-2-3/h2-9H,10,15H2,1H3;2-3H2,1H3. The normalized spacial score (nSPS) is 9.55. The number of hydrogen-bond donors (Lipinski definition) is 2. The minimum absolute atomic E-state index is 0.750. The molecule has 0 heterocycles. The van der Waals surface area contributed by atoms with Crippen molar-refractivity contribution in [2.75, 3.05) is 19.4 Å². The molecule has 4 heteroatoms. The average Bonchev–Trinajstić information content (AvgIpc) is 2.48. The van der Waals surface area contributed by atoms with Gasteiger partial charge in [-0.25, -0.2) is 0 Å². The molecule has 0 saturated carbocycles. The number of rotatable bonds is 4.